The minimum Gasteiger partial charge on any atom is -0.298 e. The number of aromatic amines is 1. The number of hydrogen-bond acceptors (Lipinski definition) is 5. The molecular formula is C17H24N4O2S2. The molecule has 0 saturated carbocycles. The largest absolute Gasteiger partial charge is 0.298 e. The summed E-state index contributed by atoms with van der Waals surface area (Å²) in [6, 6.07) is 4.11. The van der Waals surface area contributed by atoms with Gasteiger partial charge in [0.25, 0.3) is 0 Å². The van der Waals surface area contributed by atoms with Gasteiger partial charge in [-0.3, -0.25) is 10.00 Å². The second kappa shape index (κ2) is 6.50. The second-order valence-electron chi connectivity index (χ2n) is 7.04. The first-order valence-corrected chi connectivity index (χ1v) is 11.1. The summed E-state index contributed by atoms with van der Waals surface area (Å²) < 4.78 is 27.6. The van der Waals surface area contributed by atoms with Crippen molar-refractivity contribution in [3.05, 3.63) is 22.7 Å². The summed E-state index contributed by atoms with van der Waals surface area (Å²) in [6.07, 6.45) is 3.77. The van der Waals surface area contributed by atoms with Crippen LogP contribution >= 0.6 is 11.3 Å². The standard InChI is InChI=1S/C17H24N4O2S2/c1-12-8-15(19-18-12)16-9-17(13(2)24-16)25(22,23)21-10-14(11-21)20-6-4-3-5-7-20/h8-9,14H,3-7,10-11H2,1-2H3,(H,18,19). The zero-order valence-electron chi connectivity index (χ0n) is 14.7. The molecule has 2 fully saturated rings. The summed E-state index contributed by atoms with van der Waals surface area (Å²) in [4.78, 5) is 4.62. The van der Waals surface area contributed by atoms with Crippen LogP contribution in [0.3, 0.4) is 0 Å². The van der Waals surface area contributed by atoms with Crippen LogP contribution in [0.1, 0.15) is 29.8 Å². The summed E-state index contributed by atoms with van der Waals surface area (Å²) in [5, 5.41) is 7.16. The molecule has 0 aromatic carbocycles. The summed E-state index contributed by atoms with van der Waals surface area (Å²) >= 11 is 1.49. The van der Waals surface area contributed by atoms with Crippen LogP contribution in [0.25, 0.3) is 10.6 Å². The monoisotopic (exact) mass is 380 g/mol. The van der Waals surface area contributed by atoms with E-state index in [0.29, 0.717) is 24.0 Å². The van der Waals surface area contributed by atoms with Gasteiger partial charge in [-0.25, -0.2) is 8.42 Å². The third-order valence-corrected chi connectivity index (χ3v) is 8.34. The molecule has 0 unspecified atom stereocenters. The van der Waals surface area contributed by atoms with Crippen molar-refractivity contribution in [2.75, 3.05) is 26.2 Å². The predicted octanol–water partition coefficient (Wildman–Crippen LogP) is 2.61. The van der Waals surface area contributed by atoms with Crippen LogP contribution in [0, 0.1) is 13.8 Å². The Labute approximate surface area is 152 Å². The van der Waals surface area contributed by atoms with Crippen LogP contribution in [-0.2, 0) is 10.0 Å². The molecule has 25 heavy (non-hydrogen) atoms. The quantitative estimate of drug-likeness (QED) is 0.885. The van der Waals surface area contributed by atoms with E-state index in [-0.39, 0.29) is 0 Å². The lowest BCUT2D eigenvalue weighted by Crippen LogP contribution is -2.61. The van der Waals surface area contributed by atoms with E-state index in [2.05, 4.69) is 15.1 Å². The SMILES string of the molecule is Cc1cc(-c2cc(S(=O)(=O)N3CC(N4CCCCC4)C3)c(C)s2)n[nH]1. The normalized spacial score (nSPS) is 20.7. The molecule has 2 aliphatic heterocycles. The molecule has 0 bridgehead atoms. The van der Waals surface area contributed by atoms with Crippen LogP contribution in [0.15, 0.2) is 17.0 Å². The number of rotatable bonds is 4. The Balaban J connectivity index is 1.50. The number of likely N-dealkylation sites (tertiary alicyclic amines) is 1. The lowest BCUT2D eigenvalue weighted by molar-refractivity contribution is 0.0717. The molecule has 0 radical (unpaired) electrons. The van der Waals surface area contributed by atoms with Crippen LogP contribution in [-0.4, -0.2) is 60.0 Å². The maximum absolute atomic E-state index is 13.0. The van der Waals surface area contributed by atoms with Crippen molar-refractivity contribution in [1.29, 1.82) is 0 Å². The predicted molar refractivity (Wildman–Crippen MR) is 99.3 cm³/mol. The zero-order valence-corrected chi connectivity index (χ0v) is 16.3. The number of thiophene rings is 1. The number of nitrogens with zero attached hydrogens (tertiary/aromatic N) is 3. The first-order chi connectivity index (χ1) is 11.9. The van der Waals surface area contributed by atoms with Gasteiger partial charge in [0.1, 0.15) is 5.69 Å². The highest BCUT2D eigenvalue weighted by molar-refractivity contribution is 7.89. The lowest BCUT2D eigenvalue weighted by Gasteiger charge is -2.45. The maximum Gasteiger partial charge on any atom is 0.244 e. The molecule has 136 valence electrons. The van der Waals surface area contributed by atoms with Crippen LogP contribution in [0.5, 0.6) is 0 Å². The lowest BCUT2D eigenvalue weighted by atomic mass is 10.1. The van der Waals surface area contributed by atoms with E-state index >= 15 is 0 Å². The first-order valence-electron chi connectivity index (χ1n) is 8.82. The first kappa shape index (κ1) is 17.2. The van der Waals surface area contributed by atoms with Crippen molar-refractivity contribution in [1.82, 2.24) is 19.4 Å². The molecule has 1 N–H and O–H groups in total. The molecule has 0 aliphatic carbocycles. The van der Waals surface area contributed by atoms with Gasteiger partial charge in [0.15, 0.2) is 0 Å². The number of H-pyrrole nitrogens is 1. The Kier molecular flexibility index (Phi) is 4.47. The molecule has 2 saturated heterocycles. The summed E-state index contributed by atoms with van der Waals surface area (Å²) in [5.74, 6) is 0. The molecule has 8 heteroatoms. The minimum atomic E-state index is -3.41. The number of aryl methyl sites for hydroxylation is 2. The van der Waals surface area contributed by atoms with E-state index < -0.39 is 10.0 Å². The van der Waals surface area contributed by atoms with Gasteiger partial charge in [0.2, 0.25) is 10.0 Å². The average molecular weight is 381 g/mol. The maximum atomic E-state index is 13.0. The fourth-order valence-corrected chi connectivity index (χ4v) is 6.69. The van der Waals surface area contributed by atoms with Crippen molar-refractivity contribution in [3.63, 3.8) is 0 Å². The summed E-state index contributed by atoms with van der Waals surface area (Å²) in [5.41, 5.74) is 1.78. The Morgan fingerprint density at radius 3 is 2.52 bits per heavy atom. The molecule has 2 aliphatic rings. The van der Waals surface area contributed by atoms with E-state index in [4.69, 9.17) is 0 Å². The van der Waals surface area contributed by atoms with E-state index in [0.717, 1.165) is 34.2 Å². The molecule has 2 aromatic rings. The molecule has 0 amide bonds. The van der Waals surface area contributed by atoms with E-state index in [1.54, 1.807) is 10.4 Å². The van der Waals surface area contributed by atoms with Gasteiger partial charge in [-0.05, 0) is 51.9 Å². The highest BCUT2D eigenvalue weighted by atomic mass is 32.2. The minimum absolute atomic E-state index is 0.391. The van der Waals surface area contributed by atoms with Gasteiger partial charge in [-0.1, -0.05) is 6.42 Å². The number of piperidine rings is 1. The van der Waals surface area contributed by atoms with Crippen LogP contribution in [0.2, 0.25) is 0 Å². The van der Waals surface area contributed by atoms with Crippen molar-refractivity contribution in [2.45, 2.75) is 44.0 Å². The van der Waals surface area contributed by atoms with E-state index in [1.807, 2.05) is 19.9 Å². The van der Waals surface area contributed by atoms with Gasteiger partial charge in [-0.2, -0.15) is 9.40 Å². The molecule has 0 spiro atoms. The van der Waals surface area contributed by atoms with Gasteiger partial charge in [0.05, 0.1) is 9.77 Å². The van der Waals surface area contributed by atoms with Gasteiger partial charge in [0, 0.05) is 29.7 Å². The highest BCUT2D eigenvalue weighted by Gasteiger charge is 2.40. The van der Waals surface area contributed by atoms with Crippen LogP contribution in [0.4, 0.5) is 0 Å². The Hall–Kier alpha value is -1.22. The number of nitrogens with one attached hydrogen (secondary N) is 1. The van der Waals surface area contributed by atoms with E-state index in [1.165, 1.54) is 30.6 Å². The fourth-order valence-electron chi connectivity index (χ4n) is 3.66. The Bertz CT molecular complexity index is 859. The highest BCUT2D eigenvalue weighted by Crippen LogP contribution is 2.36. The molecule has 4 heterocycles. The third kappa shape index (κ3) is 3.16. The Morgan fingerprint density at radius 1 is 1.16 bits per heavy atom. The van der Waals surface area contributed by atoms with Crippen molar-refractivity contribution < 1.29 is 8.42 Å². The molecule has 6 nitrogen and oxygen atoms in total. The van der Waals surface area contributed by atoms with Gasteiger partial charge in [-0.15, -0.1) is 11.3 Å². The van der Waals surface area contributed by atoms with Gasteiger partial charge < -0.3 is 0 Å². The van der Waals surface area contributed by atoms with Crippen LogP contribution < -0.4 is 0 Å². The fraction of sp³-hybridized carbons (Fsp3) is 0.588. The zero-order chi connectivity index (χ0) is 17.6. The second-order valence-corrected chi connectivity index (χ2v) is 10.2. The number of aromatic nitrogens is 2. The number of sulfonamides is 1. The van der Waals surface area contributed by atoms with Crippen molar-refractivity contribution in [3.8, 4) is 10.6 Å². The summed E-state index contributed by atoms with van der Waals surface area (Å²) in [6.45, 7) is 7.28. The number of hydrogen-bond donors (Lipinski definition) is 1. The molecular weight excluding hydrogens is 356 g/mol. The average Bonchev–Trinajstić information content (AvgIpc) is 3.13. The topological polar surface area (TPSA) is 69.3 Å². The molecule has 2 aromatic heterocycles. The molecule has 4 rings (SSSR count). The summed E-state index contributed by atoms with van der Waals surface area (Å²) in [7, 11) is -3.41. The van der Waals surface area contributed by atoms with E-state index in [9.17, 15) is 8.42 Å². The Morgan fingerprint density at radius 2 is 1.88 bits per heavy atom. The van der Waals surface area contributed by atoms with Crippen molar-refractivity contribution >= 4 is 21.4 Å². The third-order valence-electron chi connectivity index (χ3n) is 5.18. The van der Waals surface area contributed by atoms with Crippen molar-refractivity contribution in [2.24, 2.45) is 0 Å². The smallest absolute Gasteiger partial charge is 0.244 e. The van der Waals surface area contributed by atoms with Gasteiger partial charge >= 0.3 is 0 Å². The molecule has 0 atom stereocenters.